The van der Waals surface area contributed by atoms with Crippen LogP contribution >= 0.6 is 0 Å². The van der Waals surface area contributed by atoms with Crippen LogP contribution in [0.1, 0.15) is 29.7 Å². The predicted molar refractivity (Wildman–Crippen MR) is 140 cm³/mol. The second kappa shape index (κ2) is 9.37. The minimum absolute atomic E-state index is 0.380. The third kappa shape index (κ3) is 4.15. The van der Waals surface area contributed by atoms with E-state index < -0.39 is 0 Å². The quantitative estimate of drug-likeness (QED) is 0.317. The number of aliphatic imine (C=N–C) groups is 1. The molecule has 1 aromatic carbocycles. The number of aromatic nitrogens is 5. The normalized spacial score (nSPS) is 11.9. The van der Waals surface area contributed by atoms with Crippen molar-refractivity contribution in [1.29, 1.82) is 0 Å². The highest BCUT2D eigenvalue weighted by molar-refractivity contribution is 6.14. The van der Waals surface area contributed by atoms with E-state index in [0.29, 0.717) is 23.6 Å². The summed E-state index contributed by atoms with van der Waals surface area (Å²) in [6, 6.07) is 12.6. The molecule has 0 aliphatic carbocycles. The number of halogens is 1. The zero-order valence-electron chi connectivity index (χ0n) is 20.9. The highest BCUT2D eigenvalue weighted by Gasteiger charge is 2.19. The standard InChI is InChI=1S/C28H27FN6O/c1-6-30-28(26-16(2)7-8-23(34-26)25-15-32-17(3)35(25)4)24-14-21-22(33-24)9-10-31-27(21)18-11-19(29)13-20(12-18)36-5/h7-15,33H,6H2,1-5H3/b30-28-. The Labute approximate surface area is 208 Å². The SMILES string of the molecule is CC/N=C(/c1cc2c(-c3cc(F)cc(OC)c3)nccc2[nH]1)c1nc(-c2cnc(C)n2C)ccc1C. The minimum Gasteiger partial charge on any atom is -0.497 e. The Morgan fingerprint density at radius 1 is 1.11 bits per heavy atom. The van der Waals surface area contributed by atoms with E-state index in [4.69, 9.17) is 14.7 Å². The van der Waals surface area contributed by atoms with E-state index in [1.165, 1.54) is 19.2 Å². The summed E-state index contributed by atoms with van der Waals surface area (Å²) >= 11 is 0. The molecule has 0 atom stereocenters. The van der Waals surface area contributed by atoms with Crippen LogP contribution in [-0.2, 0) is 7.05 Å². The van der Waals surface area contributed by atoms with Gasteiger partial charge in [0.15, 0.2) is 0 Å². The molecular formula is C28H27FN6O. The summed E-state index contributed by atoms with van der Waals surface area (Å²) in [6.07, 6.45) is 3.54. The molecule has 0 amide bonds. The molecule has 7 nitrogen and oxygen atoms in total. The summed E-state index contributed by atoms with van der Waals surface area (Å²) in [5.74, 6) is 0.977. The first-order valence-electron chi connectivity index (χ1n) is 11.7. The minimum atomic E-state index is -0.380. The maximum atomic E-state index is 14.3. The first-order chi connectivity index (χ1) is 17.4. The fourth-order valence-electron chi connectivity index (χ4n) is 4.33. The molecule has 5 rings (SSSR count). The number of ether oxygens (including phenoxy) is 1. The maximum Gasteiger partial charge on any atom is 0.127 e. The lowest BCUT2D eigenvalue weighted by molar-refractivity contribution is 0.411. The number of imidazole rings is 1. The number of aromatic amines is 1. The number of hydrogen-bond acceptors (Lipinski definition) is 5. The molecule has 0 saturated heterocycles. The van der Waals surface area contributed by atoms with Crippen molar-refractivity contribution in [2.45, 2.75) is 20.8 Å². The number of pyridine rings is 2. The van der Waals surface area contributed by atoms with E-state index in [1.807, 2.05) is 56.8 Å². The Hall–Kier alpha value is -4.33. The summed E-state index contributed by atoms with van der Waals surface area (Å²) in [6.45, 7) is 6.58. The average Bonchev–Trinajstić information content (AvgIpc) is 3.45. The first kappa shape index (κ1) is 23.4. The van der Waals surface area contributed by atoms with Crippen molar-refractivity contribution >= 4 is 16.6 Å². The Morgan fingerprint density at radius 3 is 2.67 bits per heavy atom. The first-order valence-corrected chi connectivity index (χ1v) is 11.7. The molecule has 5 aromatic rings. The van der Waals surface area contributed by atoms with Gasteiger partial charge in [0.1, 0.15) is 23.1 Å². The molecule has 8 heteroatoms. The van der Waals surface area contributed by atoms with Crippen LogP contribution in [0.15, 0.2) is 59.9 Å². The van der Waals surface area contributed by atoms with Gasteiger partial charge in [-0.25, -0.2) is 14.4 Å². The van der Waals surface area contributed by atoms with Crippen molar-refractivity contribution in [1.82, 2.24) is 24.5 Å². The van der Waals surface area contributed by atoms with E-state index in [9.17, 15) is 4.39 Å². The number of methoxy groups -OCH3 is 1. The van der Waals surface area contributed by atoms with Crippen LogP contribution in [0.4, 0.5) is 4.39 Å². The molecule has 0 bridgehead atoms. The Bertz CT molecular complexity index is 1610. The van der Waals surface area contributed by atoms with Crippen molar-refractivity contribution in [2.24, 2.45) is 12.0 Å². The van der Waals surface area contributed by atoms with Gasteiger partial charge in [0, 0.05) is 42.3 Å². The molecule has 4 heterocycles. The van der Waals surface area contributed by atoms with Gasteiger partial charge in [-0.05, 0) is 56.7 Å². The molecule has 0 saturated carbocycles. The van der Waals surface area contributed by atoms with Gasteiger partial charge >= 0.3 is 0 Å². The highest BCUT2D eigenvalue weighted by Crippen LogP contribution is 2.31. The lowest BCUT2D eigenvalue weighted by Gasteiger charge is -2.11. The average molecular weight is 483 g/mol. The van der Waals surface area contributed by atoms with Crippen LogP contribution in [0.2, 0.25) is 0 Å². The summed E-state index contributed by atoms with van der Waals surface area (Å²) in [4.78, 5) is 22.3. The number of nitrogens with one attached hydrogen (secondary N) is 1. The zero-order valence-corrected chi connectivity index (χ0v) is 20.9. The molecular weight excluding hydrogens is 455 g/mol. The van der Waals surface area contributed by atoms with Crippen LogP contribution in [0.5, 0.6) is 5.75 Å². The molecule has 1 N–H and O–H groups in total. The third-order valence-electron chi connectivity index (χ3n) is 6.30. The summed E-state index contributed by atoms with van der Waals surface area (Å²) in [5.41, 5.74) is 7.32. The topological polar surface area (TPSA) is 81.0 Å². The van der Waals surface area contributed by atoms with Gasteiger partial charge in [0.25, 0.3) is 0 Å². The number of nitrogens with zero attached hydrogens (tertiary/aromatic N) is 5. The van der Waals surface area contributed by atoms with Crippen LogP contribution in [0, 0.1) is 19.7 Å². The van der Waals surface area contributed by atoms with E-state index in [0.717, 1.165) is 50.8 Å². The van der Waals surface area contributed by atoms with Crippen molar-refractivity contribution in [3.05, 3.63) is 83.5 Å². The van der Waals surface area contributed by atoms with Gasteiger partial charge in [-0.2, -0.15) is 0 Å². The monoisotopic (exact) mass is 482 g/mol. The van der Waals surface area contributed by atoms with Gasteiger partial charge in [0.05, 0.1) is 41.8 Å². The van der Waals surface area contributed by atoms with Crippen molar-refractivity contribution in [3.63, 3.8) is 0 Å². The second-order valence-electron chi connectivity index (χ2n) is 8.62. The van der Waals surface area contributed by atoms with Gasteiger partial charge in [-0.15, -0.1) is 0 Å². The zero-order chi connectivity index (χ0) is 25.4. The van der Waals surface area contributed by atoms with E-state index in [2.05, 4.69) is 21.0 Å². The Kier molecular flexibility index (Phi) is 6.10. The number of H-pyrrole nitrogens is 1. The van der Waals surface area contributed by atoms with Gasteiger partial charge in [0.2, 0.25) is 0 Å². The van der Waals surface area contributed by atoms with Crippen LogP contribution < -0.4 is 4.74 Å². The van der Waals surface area contributed by atoms with Crippen molar-refractivity contribution in [3.8, 4) is 28.4 Å². The van der Waals surface area contributed by atoms with Crippen molar-refractivity contribution < 1.29 is 9.13 Å². The number of benzene rings is 1. The smallest absolute Gasteiger partial charge is 0.127 e. The molecule has 182 valence electrons. The highest BCUT2D eigenvalue weighted by atomic mass is 19.1. The largest absolute Gasteiger partial charge is 0.497 e. The molecule has 0 fully saturated rings. The van der Waals surface area contributed by atoms with E-state index >= 15 is 0 Å². The molecule has 0 spiro atoms. The Morgan fingerprint density at radius 2 is 1.94 bits per heavy atom. The number of fused-ring (bicyclic) bond motifs is 1. The molecule has 36 heavy (non-hydrogen) atoms. The molecule has 0 radical (unpaired) electrons. The van der Waals surface area contributed by atoms with Gasteiger partial charge in [-0.1, -0.05) is 6.07 Å². The molecule has 4 aromatic heterocycles. The summed E-state index contributed by atoms with van der Waals surface area (Å²) < 4.78 is 21.5. The van der Waals surface area contributed by atoms with Gasteiger partial charge in [-0.3, -0.25) is 9.98 Å². The van der Waals surface area contributed by atoms with Crippen LogP contribution in [0.3, 0.4) is 0 Å². The fraction of sp³-hybridized carbons (Fsp3) is 0.214. The summed E-state index contributed by atoms with van der Waals surface area (Å²) in [5, 5.41) is 0.861. The predicted octanol–water partition coefficient (Wildman–Crippen LogP) is 5.65. The van der Waals surface area contributed by atoms with Crippen molar-refractivity contribution in [2.75, 3.05) is 13.7 Å². The summed E-state index contributed by atoms with van der Waals surface area (Å²) in [7, 11) is 3.50. The number of hydrogen-bond donors (Lipinski definition) is 1. The van der Waals surface area contributed by atoms with Crippen LogP contribution in [0.25, 0.3) is 33.5 Å². The lowest BCUT2D eigenvalue weighted by Crippen LogP contribution is -2.10. The van der Waals surface area contributed by atoms with Crippen LogP contribution in [-0.4, -0.2) is 43.9 Å². The molecule has 0 aliphatic rings. The van der Waals surface area contributed by atoms with E-state index in [-0.39, 0.29) is 5.82 Å². The van der Waals surface area contributed by atoms with E-state index in [1.54, 1.807) is 12.3 Å². The molecule has 0 unspecified atom stereocenters. The fourth-order valence-corrected chi connectivity index (χ4v) is 4.33. The third-order valence-corrected chi connectivity index (χ3v) is 6.30. The maximum absolute atomic E-state index is 14.3. The second-order valence-corrected chi connectivity index (χ2v) is 8.62. The number of aryl methyl sites for hydroxylation is 2. The lowest BCUT2D eigenvalue weighted by atomic mass is 10.0. The van der Waals surface area contributed by atoms with Gasteiger partial charge < -0.3 is 14.3 Å². The molecule has 0 aliphatic heterocycles. The Balaban J connectivity index is 1.65. The number of rotatable bonds is 6.